The van der Waals surface area contributed by atoms with Gasteiger partial charge in [-0.3, -0.25) is 4.79 Å². The fourth-order valence-electron chi connectivity index (χ4n) is 2.33. The molecular formula is C18H21ClN2O. The van der Waals surface area contributed by atoms with Crippen molar-refractivity contribution in [2.24, 2.45) is 11.7 Å². The molecule has 2 aromatic rings. The van der Waals surface area contributed by atoms with Crippen LogP contribution in [0.3, 0.4) is 0 Å². The molecule has 0 aliphatic heterocycles. The van der Waals surface area contributed by atoms with E-state index in [0.717, 1.165) is 11.1 Å². The first-order valence-electron chi connectivity index (χ1n) is 7.35. The second-order valence-corrected chi connectivity index (χ2v) is 5.95. The molecule has 1 amide bonds. The van der Waals surface area contributed by atoms with Crippen LogP contribution >= 0.6 is 11.6 Å². The highest BCUT2D eigenvalue weighted by Crippen LogP contribution is 2.22. The van der Waals surface area contributed by atoms with Gasteiger partial charge in [0, 0.05) is 11.1 Å². The maximum Gasteiger partial charge on any atom is 0.225 e. The normalized spacial score (nSPS) is 14.9. The lowest BCUT2D eigenvalue weighted by atomic mass is 9.94. The van der Waals surface area contributed by atoms with Crippen LogP contribution in [0.1, 0.15) is 37.1 Å². The minimum atomic E-state index is -0.326. The molecule has 2 aromatic carbocycles. The number of rotatable bonds is 5. The Hall–Kier alpha value is -1.84. The number of halogens is 1. The summed E-state index contributed by atoms with van der Waals surface area (Å²) in [5, 5.41) is 3.66. The van der Waals surface area contributed by atoms with Crippen LogP contribution in [-0.2, 0) is 4.79 Å². The summed E-state index contributed by atoms with van der Waals surface area (Å²) in [5.41, 5.74) is 8.13. The Labute approximate surface area is 136 Å². The second-order valence-electron chi connectivity index (χ2n) is 5.51. The molecule has 0 heterocycles. The summed E-state index contributed by atoms with van der Waals surface area (Å²) in [6.07, 6.45) is 0. The summed E-state index contributed by atoms with van der Waals surface area (Å²) >= 11 is 5.99. The molecule has 0 radical (unpaired) electrons. The van der Waals surface area contributed by atoms with Crippen LogP contribution in [-0.4, -0.2) is 5.91 Å². The van der Waals surface area contributed by atoms with Gasteiger partial charge in [-0.05, 0) is 30.2 Å². The Morgan fingerprint density at radius 2 is 1.68 bits per heavy atom. The molecule has 0 saturated heterocycles. The van der Waals surface area contributed by atoms with Crippen LogP contribution in [0.2, 0.25) is 5.02 Å². The van der Waals surface area contributed by atoms with Gasteiger partial charge in [-0.25, -0.2) is 0 Å². The number of amides is 1. The topological polar surface area (TPSA) is 55.1 Å². The van der Waals surface area contributed by atoms with Crippen molar-refractivity contribution in [1.82, 2.24) is 5.32 Å². The molecule has 0 saturated carbocycles. The second kappa shape index (κ2) is 7.43. The van der Waals surface area contributed by atoms with Crippen LogP contribution in [0.5, 0.6) is 0 Å². The molecule has 3 N–H and O–H groups in total. The predicted octanol–water partition coefficient (Wildman–Crippen LogP) is 3.85. The van der Waals surface area contributed by atoms with Gasteiger partial charge in [0.2, 0.25) is 5.91 Å². The number of carbonyl (C=O) groups is 1. The average Bonchev–Trinajstić information content (AvgIpc) is 2.54. The third-order valence-electron chi connectivity index (χ3n) is 3.84. The molecule has 3 unspecified atom stereocenters. The van der Waals surface area contributed by atoms with Crippen molar-refractivity contribution >= 4 is 17.5 Å². The summed E-state index contributed by atoms with van der Waals surface area (Å²) < 4.78 is 0. The van der Waals surface area contributed by atoms with E-state index in [1.165, 1.54) is 0 Å². The quantitative estimate of drug-likeness (QED) is 0.880. The summed E-state index contributed by atoms with van der Waals surface area (Å²) in [6, 6.07) is 16.7. The first kappa shape index (κ1) is 16.5. The predicted molar refractivity (Wildman–Crippen MR) is 90.5 cm³/mol. The summed E-state index contributed by atoms with van der Waals surface area (Å²) in [6.45, 7) is 3.78. The van der Waals surface area contributed by atoms with Crippen LogP contribution in [0.25, 0.3) is 0 Å². The smallest absolute Gasteiger partial charge is 0.225 e. The molecule has 0 spiro atoms. The lowest BCUT2D eigenvalue weighted by Crippen LogP contribution is -2.36. The highest BCUT2D eigenvalue weighted by Gasteiger charge is 2.23. The SMILES string of the molecule is CC(NC(=O)C(C)C(N)c1ccccc1)c1cccc(Cl)c1. The maximum atomic E-state index is 12.4. The van der Waals surface area contributed by atoms with E-state index in [1.807, 2.05) is 68.4 Å². The van der Waals surface area contributed by atoms with E-state index in [9.17, 15) is 4.79 Å². The summed E-state index contributed by atoms with van der Waals surface area (Å²) in [5.74, 6) is -0.382. The number of benzene rings is 2. The van der Waals surface area contributed by atoms with Crippen molar-refractivity contribution in [3.8, 4) is 0 Å². The van der Waals surface area contributed by atoms with Crippen molar-refractivity contribution in [3.05, 3.63) is 70.7 Å². The number of hydrogen-bond acceptors (Lipinski definition) is 2. The van der Waals surface area contributed by atoms with Gasteiger partial charge in [0.25, 0.3) is 0 Å². The molecule has 3 atom stereocenters. The summed E-state index contributed by atoms with van der Waals surface area (Å²) in [7, 11) is 0. The van der Waals surface area contributed by atoms with Crippen LogP contribution in [0.15, 0.2) is 54.6 Å². The third-order valence-corrected chi connectivity index (χ3v) is 4.08. The van der Waals surface area contributed by atoms with Crippen LogP contribution < -0.4 is 11.1 Å². The number of hydrogen-bond donors (Lipinski definition) is 2. The zero-order valence-corrected chi connectivity index (χ0v) is 13.5. The minimum Gasteiger partial charge on any atom is -0.349 e. The largest absolute Gasteiger partial charge is 0.349 e. The average molecular weight is 317 g/mol. The molecule has 4 heteroatoms. The minimum absolute atomic E-state index is 0.0659. The number of carbonyl (C=O) groups excluding carboxylic acids is 1. The lowest BCUT2D eigenvalue weighted by molar-refractivity contribution is -0.125. The van der Waals surface area contributed by atoms with Crippen LogP contribution in [0, 0.1) is 5.92 Å². The van der Waals surface area contributed by atoms with E-state index in [1.54, 1.807) is 0 Å². The Balaban J connectivity index is 2.02. The Morgan fingerprint density at radius 3 is 2.32 bits per heavy atom. The maximum absolute atomic E-state index is 12.4. The van der Waals surface area contributed by atoms with E-state index in [0.29, 0.717) is 5.02 Å². The summed E-state index contributed by atoms with van der Waals surface area (Å²) in [4.78, 5) is 12.4. The van der Waals surface area contributed by atoms with Crippen molar-refractivity contribution in [1.29, 1.82) is 0 Å². The van der Waals surface area contributed by atoms with E-state index >= 15 is 0 Å². The molecular weight excluding hydrogens is 296 g/mol. The van der Waals surface area contributed by atoms with Crippen molar-refractivity contribution < 1.29 is 4.79 Å². The Bertz CT molecular complexity index is 630. The number of nitrogens with two attached hydrogens (primary N) is 1. The molecule has 0 aliphatic carbocycles. The first-order valence-corrected chi connectivity index (χ1v) is 7.73. The van der Waals surface area contributed by atoms with Gasteiger partial charge >= 0.3 is 0 Å². The Morgan fingerprint density at radius 1 is 1.05 bits per heavy atom. The van der Waals surface area contributed by atoms with E-state index in [2.05, 4.69) is 5.32 Å². The van der Waals surface area contributed by atoms with Gasteiger partial charge in [-0.1, -0.05) is 61.0 Å². The van der Waals surface area contributed by atoms with Crippen molar-refractivity contribution in [2.45, 2.75) is 25.9 Å². The lowest BCUT2D eigenvalue weighted by Gasteiger charge is -2.22. The standard InChI is InChI=1S/C18H21ClN2O/c1-12(17(20)14-7-4-3-5-8-14)18(22)21-13(2)15-9-6-10-16(19)11-15/h3-13,17H,20H2,1-2H3,(H,21,22). The third kappa shape index (κ3) is 4.09. The zero-order chi connectivity index (χ0) is 16.1. The van der Waals surface area contributed by atoms with Crippen molar-refractivity contribution in [2.75, 3.05) is 0 Å². The van der Waals surface area contributed by atoms with Crippen molar-refractivity contribution in [3.63, 3.8) is 0 Å². The van der Waals surface area contributed by atoms with Gasteiger partial charge in [0.15, 0.2) is 0 Å². The molecule has 22 heavy (non-hydrogen) atoms. The van der Waals surface area contributed by atoms with Crippen LogP contribution in [0.4, 0.5) is 0 Å². The monoisotopic (exact) mass is 316 g/mol. The molecule has 0 bridgehead atoms. The molecule has 116 valence electrons. The zero-order valence-electron chi connectivity index (χ0n) is 12.8. The Kier molecular flexibility index (Phi) is 5.58. The molecule has 0 aromatic heterocycles. The van der Waals surface area contributed by atoms with E-state index in [4.69, 9.17) is 17.3 Å². The molecule has 2 rings (SSSR count). The molecule has 0 aliphatic rings. The van der Waals surface area contributed by atoms with E-state index < -0.39 is 0 Å². The number of nitrogens with one attached hydrogen (secondary N) is 1. The fourth-order valence-corrected chi connectivity index (χ4v) is 2.53. The molecule has 0 fully saturated rings. The fraction of sp³-hybridized carbons (Fsp3) is 0.278. The highest BCUT2D eigenvalue weighted by atomic mass is 35.5. The first-order chi connectivity index (χ1) is 10.5. The van der Waals surface area contributed by atoms with E-state index in [-0.39, 0.29) is 23.9 Å². The van der Waals surface area contributed by atoms with Gasteiger partial charge in [-0.2, -0.15) is 0 Å². The highest BCUT2D eigenvalue weighted by molar-refractivity contribution is 6.30. The van der Waals surface area contributed by atoms with Gasteiger partial charge in [-0.15, -0.1) is 0 Å². The van der Waals surface area contributed by atoms with Gasteiger partial charge in [0.05, 0.1) is 12.0 Å². The molecule has 3 nitrogen and oxygen atoms in total. The van der Waals surface area contributed by atoms with Gasteiger partial charge < -0.3 is 11.1 Å². The van der Waals surface area contributed by atoms with Gasteiger partial charge in [0.1, 0.15) is 0 Å².